The Balaban J connectivity index is 1.46. The average Bonchev–Trinajstić information content (AvgIpc) is 2.80. The molecule has 164 valence electrons. The number of rotatable bonds is 3. The normalized spacial score (nSPS) is 19.6. The molecule has 3 aromatic carbocycles. The molecular weight excluding hydrogens is 422 g/mol. The van der Waals surface area contributed by atoms with Crippen LogP contribution in [0.15, 0.2) is 66.7 Å². The van der Waals surface area contributed by atoms with E-state index in [1.54, 1.807) is 0 Å². The molecule has 5 rings (SSSR count). The number of nitrogens with zero attached hydrogens (tertiary/aromatic N) is 2. The maximum atomic E-state index is 13.7. The van der Waals surface area contributed by atoms with Gasteiger partial charge in [0, 0.05) is 35.1 Å². The van der Waals surface area contributed by atoms with Crippen molar-refractivity contribution in [3.8, 4) is 5.75 Å². The van der Waals surface area contributed by atoms with Crippen LogP contribution in [0.5, 0.6) is 5.75 Å². The van der Waals surface area contributed by atoms with E-state index in [-0.39, 0.29) is 18.0 Å². The molecule has 2 unspecified atom stereocenters. The number of carbonyl (C=O) groups excluding carboxylic acids is 1. The van der Waals surface area contributed by atoms with Crippen molar-refractivity contribution in [2.45, 2.75) is 25.4 Å². The van der Waals surface area contributed by atoms with Crippen molar-refractivity contribution in [3.05, 3.63) is 82.9 Å². The summed E-state index contributed by atoms with van der Waals surface area (Å²) in [6.45, 7) is 3.58. The largest absolute Gasteiger partial charge is 0.490 e. The van der Waals surface area contributed by atoms with Gasteiger partial charge in [0.15, 0.2) is 0 Å². The summed E-state index contributed by atoms with van der Waals surface area (Å²) in [5.74, 6) is 0.763. The quantitative estimate of drug-likeness (QED) is 0.554. The monoisotopic (exact) mass is 447 g/mol. The molecule has 0 fully saturated rings. The van der Waals surface area contributed by atoms with Crippen LogP contribution in [0.1, 0.15) is 35.3 Å². The van der Waals surface area contributed by atoms with E-state index in [1.807, 2.05) is 72.6 Å². The molecule has 1 amide bonds. The molecule has 0 radical (unpaired) electrons. The number of benzene rings is 3. The number of amides is 1. The van der Waals surface area contributed by atoms with Gasteiger partial charge in [0.05, 0.1) is 18.3 Å². The topological polar surface area (TPSA) is 44.8 Å². The molecule has 2 atom stereocenters. The Labute approximate surface area is 193 Å². The summed E-state index contributed by atoms with van der Waals surface area (Å²) in [4.78, 5) is 17.7. The first-order valence-corrected chi connectivity index (χ1v) is 11.3. The van der Waals surface area contributed by atoms with Crippen molar-refractivity contribution in [1.29, 1.82) is 0 Å². The number of fused-ring (bicyclic) bond motifs is 2. The molecule has 6 heteroatoms. The number of hydrogen-bond donors (Lipinski definition) is 1. The van der Waals surface area contributed by atoms with Gasteiger partial charge in [0.25, 0.3) is 5.91 Å². The second-order valence-corrected chi connectivity index (χ2v) is 8.91. The van der Waals surface area contributed by atoms with Crippen molar-refractivity contribution in [3.63, 3.8) is 0 Å². The van der Waals surface area contributed by atoms with Crippen LogP contribution < -0.4 is 19.9 Å². The third kappa shape index (κ3) is 3.78. The van der Waals surface area contributed by atoms with E-state index < -0.39 is 0 Å². The molecular formula is C26H26ClN3O2. The predicted molar refractivity (Wildman–Crippen MR) is 130 cm³/mol. The van der Waals surface area contributed by atoms with Crippen molar-refractivity contribution in [2.75, 3.05) is 35.3 Å². The van der Waals surface area contributed by atoms with Crippen LogP contribution in [-0.2, 0) is 0 Å². The maximum absolute atomic E-state index is 13.7. The van der Waals surface area contributed by atoms with Crippen molar-refractivity contribution in [2.24, 2.45) is 0 Å². The average molecular weight is 448 g/mol. The summed E-state index contributed by atoms with van der Waals surface area (Å²) >= 11 is 6.04. The zero-order chi connectivity index (χ0) is 22.2. The van der Waals surface area contributed by atoms with Crippen LogP contribution in [0.2, 0.25) is 5.02 Å². The highest BCUT2D eigenvalue weighted by Crippen LogP contribution is 2.40. The molecule has 2 aliphatic rings. The number of likely N-dealkylation sites (N-methyl/N-ethyl adjacent to an activating group) is 1. The van der Waals surface area contributed by atoms with E-state index in [4.69, 9.17) is 16.3 Å². The lowest BCUT2D eigenvalue weighted by Crippen LogP contribution is -2.44. The lowest BCUT2D eigenvalue weighted by Gasteiger charge is -2.40. The molecule has 0 spiro atoms. The van der Waals surface area contributed by atoms with Crippen molar-refractivity contribution in [1.82, 2.24) is 0 Å². The first-order valence-electron chi connectivity index (χ1n) is 10.9. The van der Waals surface area contributed by atoms with Gasteiger partial charge in [-0.15, -0.1) is 0 Å². The molecule has 5 nitrogen and oxygen atoms in total. The van der Waals surface area contributed by atoms with E-state index in [1.165, 1.54) is 0 Å². The summed E-state index contributed by atoms with van der Waals surface area (Å²) in [6, 6.07) is 21.8. The number of carbonyl (C=O) groups is 1. The van der Waals surface area contributed by atoms with Gasteiger partial charge >= 0.3 is 0 Å². The number of halogens is 1. The van der Waals surface area contributed by atoms with Gasteiger partial charge in [-0.05, 0) is 67.4 Å². The zero-order valence-corrected chi connectivity index (χ0v) is 19.0. The molecule has 0 aliphatic carbocycles. The molecule has 0 aromatic heterocycles. The molecule has 0 saturated carbocycles. The van der Waals surface area contributed by atoms with Gasteiger partial charge in [-0.3, -0.25) is 4.79 Å². The summed E-state index contributed by atoms with van der Waals surface area (Å²) in [5.41, 5.74) is 4.73. The number of nitrogens with one attached hydrogen (secondary N) is 1. The van der Waals surface area contributed by atoms with Gasteiger partial charge in [-0.1, -0.05) is 29.8 Å². The molecule has 32 heavy (non-hydrogen) atoms. The van der Waals surface area contributed by atoms with Crippen LogP contribution in [0.4, 0.5) is 17.1 Å². The Morgan fingerprint density at radius 2 is 1.84 bits per heavy atom. The minimum Gasteiger partial charge on any atom is -0.490 e. The Morgan fingerprint density at radius 3 is 2.66 bits per heavy atom. The maximum Gasteiger partial charge on any atom is 0.258 e. The SMILES string of the molecule is CC1CC(Nc2ccc(Cl)cc2)c2ccccc2N1C(=O)c1ccc2c(c1)OCCN2C. The van der Waals surface area contributed by atoms with Gasteiger partial charge in [0.1, 0.15) is 12.4 Å². The molecule has 0 bridgehead atoms. The Morgan fingerprint density at radius 1 is 1.06 bits per heavy atom. The number of anilines is 3. The Hall–Kier alpha value is -3.18. The molecule has 1 N–H and O–H groups in total. The van der Waals surface area contributed by atoms with E-state index in [2.05, 4.69) is 23.2 Å². The summed E-state index contributed by atoms with van der Waals surface area (Å²) < 4.78 is 5.83. The molecule has 0 saturated heterocycles. The highest BCUT2D eigenvalue weighted by atomic mass is 35.5. The zero-order valence-electron chi connectivity index (χ0n) is 18.2. The Kier molecular flexibility index (Phi) is 5.43. The van der Waals surface area contributed by atoms with Crippen LogP contribution in [-0.4, -0.2) is 32.1 Å². The fourth-order valence-electron chi connectivity index (χ4n) is 4.64. The first-order chi connectivity index (χ1) is 15.5. The fraction of sp³-hybridized carbons (Fsp3) is 0.269. The minimum absolute atomic E-state index is 0.00507. The van der Waals surface area contributed by atoms with Crippen LogP contribution in [0.3, 0.4) is 0 Å². The van der Waals surface area contributed by atoms with E-state index >= 15 is 0 Å². The van der Waals surface area contributed by atoms with Gasteiger partial charge in [-0.2, -0.15) is 0 Å². The standard InChI is InChI=1S/C26H26ClN3O2/c1-17-15-22(28-20-10-8-19(27)9-11-20)21-5-3-4-6-23(21)30(17)26(31)18-7-12-24-25(16-18)32-14-13-29(24)2/h3-12,16-17,22,28H,13-15H2,1-2H3. The second-order valence-electron chi connectivity index (χ2n) is 8.48. The highest BCUT2D eigenvalue weighted by molar-refractivity contribution is 6.30. The van der Waals surface area contributed by atoms with E-state index in [0.29, 0.717) is 17.2 Å². The third-order valence-electron chi connectivity index (χ3n) is 6.30. The smallest absolute Gasteiger partial charge is 0.258 e. The van der Waals surface area contributed by atoms with Gasteiger partial charge in [-0.25, -0.2) is 0 Å². The molecule has 2 heterocycles. The van der Waals surface area contributed by atoms with Crippen LogP contribution in [0, 0.1) is 0 Å². The van der Waals surface area contributed by atoms with E-state index in [9.17, 15) is 4.79 Å². The number of hydrogen-bond acceptors (Lipinski definition) is 4. The number of para-hydroxylation sites is 1. The lowest BCUT2D eigenvalue weighted by atomic mass is 9.90. The first kappa shape index (κ1) is 20.7. The molecule has 2 aliphatic heterocycles. The predicted octanol–water partition coefficient (Wildman–Crippen LogP) is 5.76. The number of ether oxygens (including phenoxy) is 1. The highest BCUT2D eigenvalue weighted by Gasteiger charge is 2.34. The summed E-state index contributed by atoms with van der Waals surface area (Å²) in [6.07, 6.45) is 0.801. The van der Waals surface area contributed by atoms with Crippen LogP contribution >= 0.6 is 11.6 Å². The second kappa shape index (κ2) is 8.40. The van der Waals surface area contributed by atoms with Gasteiger partial charge < -0.3 is 19.9 Å². The van der Waals surface area contributed by atoms with Crippen molar-refractivity contribution >= 4 is 34.6 Å². The summed E-state index contributed by atoms with van der Waals surface area (Å²) in [7, 11) is 2.04. The van der Waals surface area contributed by atoms with Crippen LogP contribution in [0.25, 0.3) is 0 Å². The lowest BCUT2D eigenvalue weighted by molar-refractivity contribution is 0.0973. The fourth-order valence-corrected chi connectivity index (χ4v) is 4.76. The van der Waals surface area contributed by atoms with Gasteiger partial charge in [0.2, 0.25) is 0 Å². The Bertz CT molecular complexity index is 1150. The molecule has 3 aromatic rings. The van der Waals surface area contributed by atoms with E-state index in [0.717, 1.165) is 41.3 Å². The minimum atomic E-state index is -0.00507. The van der Waals surface area contributed by atoms with Crippen molar-refractivity contribution < 1.29 is 9.53 Å². The third-order valence-corrected chi connectivity index (χ3v) is 6.55. The summed E-state index contributed by atoms with van der Waals surface area (Å²) in [5, 5.41) is 4.33.